The molecule has 0 unspecified atom stereocenters. The molecule has 110 valence electrons. The van der Waals surface area contributed by atoms with E-state index in [1.54, 1.807) is 51.1 Å². The number of rotatable bonds is 4. The highest BCUT2D eigenvalue weighted by Gasteiger charge is 2.14. The Kier molecular flexibility index (Phi) is 4.42. The second kappa shape index (κ2) is 6.26. The van der Waals surface area contributed by atoms with Gasteiger partial charge in [-0.05, 0) is 45.0 Å². The normalized spacial score (nSPS) is 10.2. The molecule has 0 saturated carbocycles. The van der Waals surface area contributed by atoms with Crippen molar-refractivity contribution in [2.75, 3.05) is 11.9 Å². The summed E-state index contributed by atoms with van der Waals surface area (Å²) in [6, 6.07) is 8.30. The molecule has 0 radical (unpaired) electrons. The van der Waals surface area contributed by atoms with Gasteiger partial charge in [0.25, 0.3) is 5.91 Å². The van der Waals surface area contributed by atoms with Gasteiger partial charge in [-0.15, -0.1) is 0 Å². The molecule has 1 N–H and O–H groups in total. The molecular weight excluding hydrogens is 270 g/mol. The molecule has 0 aliphatic carbocycles. The van der Waals surface area contributed by atoms with E-state index < -0.39 is 5.97 Å². The predicted molar refractivity (Wildman–Crippen MR) is 78.5 cm³/mol. The van der Waals surface area contributed by atoms with Crippen molar-refractivity contribution in [3.63, 3.8) is 0 Å². The third-order valence-corrected chi connectivity index (χ3v) is 2.92. The largest absolute Gasteiger partial charge is 0.466 e. The molecule has 5 nitrogen and oxygen atoms in total. The Labute approximate surface area is 122 Å². The lowest BCUT2D eigenvalue weighted by Crippen LogP contribution is -2.13. The van der Waals surface area contributed by atoms with Crippen molar-refractivity contribution < 1.29 is 18.7 Å². The molecule has 0 spiro atoms. The molecule has 2 rings (SSSR count). The zero-order valence-electron chi connectivity index (χ0n) is 12.2. The molecule has 0 aliphatic heterocycles. The summed E-state index contributed by atoms with van der Waals surface area (Å²) in [6.07, 6.45) is 0. The van der Waals surface area contributed by atoms with Gasteiger partial charge in [0, 0.05) is 5.69 Å². The number of carbonyl (C=O) groups is 2. The summed E-state index contributed by atoms with van der Waals surface area (Å²) in [7, 11) is 0. The van der Waals surface area contributed by atoms with Crippen LogP contribution in [0.2, 0.25) is 0 Å². The Hall–Kier alpha value is -2.56. The fourth-order valence-corrected chi connectivity index (χ4v) is 1.99. The molecule has 1 aromatic carbocycles. The van der Waals surface area contributed by atoms with Crippen LogP contribution in [-0.4, -0.2) is 18.5 Å². The molecule has 1 aromatic heterocycles. The first-order valence-electron chi connectivity index (χ1n) is 6.67. The first-order chi connectivity index (χ1) is 10.0. The Morgan fingerprint density at radius 2 is 2.00 bits per heavy atom. The van der Waals surface area contributed by atoms with E-state index in [0.29, 0.717) is 34.9 Å². The van der Waals surface area contributed by atoms with Crippen molar-refractivity contribution in [3.8, 4) is 0 Å². The van der Waals surface area contributed by atoms with Gasteiger partial charge in [0.2, 0.25) is 0 Å². The van der Waals surface area contributed by atoms with Gasteiger partial charge >= 0.3 is 5.97 Å². The maximum Gasteiger partial charge on any atom is 0.338 e. The fraction of sp³-hybridized carbons (Fsp3) is 0.250. The van der Waals surface area contributed by atoms with Crippen molar-refractivity contribution in [2.45, 2.75) is 20.8 Å². The summed E-state index contributed by atoms with van der Waals surface area (Å²) in [6.45, 7) is 5.57. The topological polar surface area (TPSA) is 68.5 Å². The SMILES string of the molecule is CCOC(=O)c1cccc(NC(=O)c2cc(C)oc2C)c1. The van der Waals surface area contributed by atoms with Crippen LogP contribution in [0.1, 0.15) is 39.2 Å². The van der Waals surface area contributed by atoms with E-state index in [2.05, 4.69) is 5.32 Å². The Morgan fingerprint density at radius 3 is 2.62 bits per heavy atom. The van der Waals surface area contributed by atoms with Crippen molar-refractivity contribution in [2.24, 2.45) is 0 Å². The first-order valence-corrected chi connectivity index (χ1v) is 6.67. The van der Waals surface area contributed by atoms with Crippen LogP contribution in [0.25, 0.3) is 0 Å². The number of hydrogen-bond donors (Lipinski definition) is 1. The van der Waals surface area contributed by atoms with Gasteiger partial charge in [0.05, 0.1) is 17.7 Å². The van der Waals surface area contributed by atoms with Crippen LogP contribution < -0.4 is 5.32 Å². The highest BCUT2D eigenvalue weighted by Crippen LogP contribution is 2.17. The van der Waals surface area contributed by atoms with E-state index >= 15 is 0 Å². The molecule has 0 aliphatic rings. The number of hydrogen-bond acceptors (Lipinski definition) is 4. The quantitative estimate of drug-likeness (QED) is 0.876. The summed E-state index contributed by atoms with van der Waals surface area (Å²) < 4.78 is 10.3. The van der Waals surface area contributed by atoms with Gasteiger partial charge in [-0.1, -0.05) is 6.07 Å². The van der Waals surface area contributed by atoms with Crippen LogP contribution in [-0.2, 0) is 4.74 Å². The zero-order valence-corrected chi connectivity index (χ0v) is 12.2. The number of esters is 1. The number of benzene rings is 1. The first kappa shape index (κ1) is 14.8. The van der Waals surface area contributed by atoms with Gasteiger partial charge in [-0.25, -0.2) is 4.79 Å². The molecule has 5 heteroatoms. The average molecular weight is 287 g/mol. The molecule has 1 amide bonds. The molecule has 2 aromatic rings. The Bertz CT molecular complexity index is 673. The minimum atomic E-state index is -0.413. The van der Waals surface area contributed by atoms with Crippen molar-refractivity contribution >= 4 is 17.6 Å². The summed E-state index contributed by atoms with van der Waals surface area (Å²) in [5.74, 6) is 0.554. The average Bonchev–Trinajstić information content (AvgIpc) is 2.78. The summed E-state index contributed by atoms with van der Waals surface area (Å²) in [5.41, 5.74) is 1.41. The van der Waals surface area contributed by atoms with Crippen LogP contribution in [0.5, 0.6) is 0 Å². The van der Waals surface area contributed by atoms with Gasteiger partial charge in [0.1, 0.15) is 11.5 Å². The highest BCUT2D eigenvalue weighted by atomic mass is 16.5. The standard InChI is InChI=1S/C16H17NO4/c1-4-20-16(19)12-6-5-7-13(9-12)17-15(18)14-8-10(2)21-11(14)3/h5-9H,4H2,1-3H3,(H,17,18). The van der Waals surface area contributed by atoms with E-state index in [0.717, 1.165) is 0 Å². The Balaban J connectivity index is 2.16. The molecule has 0 fully saturated rings. The fourth-order valence-electron chi connectivity index (χ4n) is 1.99. The summed E-state index contributed by atoms with van der Waals surface area (Å²) in [5, 5.41) is 2.74. The van der Waals surface area contributed by atoms with Crippen LogP contribution in [0, 0.1) is 13.8 Å². The lowest BCUT2D eigenvalue weighted by molar-refractivity contribution is 0.0526. The maximum absolute atomic E-state index is 12.2. The number of furan rings is 1. The minimum Gasteiger partial charge on any atom is -0.466 e. The summed E-state index contributed by atoms with van der Waals surface area (Å²) in [4.78, 5) is 23.8. The number of aryl methyl sites for hydroxylation is 2. The van der Waals surface area contributed by atoms with Gasteiger partial charge in [0.15, 0.2) is 0 Å². The molecule has 0 atom stereocenters. The number of amides is 1. The van der Waals surface area contributed by atoms with Gasteiger partial charge < -0.3 is 14.5 Å². The van der Waals surface area contributed by atoms with Crippen LogP contribution >= 0.6 is 0 Å². The van der Waals surface area contributed by atoms with E-state index in [9.17, 15) is 9.59 Å². The third kappa shape index (κ3) is 3.51. The van der Waals surface area contributed by atoms with E-state index in [1.165, 1.54) is 0 Å². The zero-order chi connectivity index (χ0) is 15.4. The molecule has 0 saturated heterocycles. The van der Waals surface area contributed by atoms with E-state index in [4.69, 9.17) is 9.15 Å². The molecular formula is C16H17NO4. The smallest absolute Gasteiger partial charge is 0.338 e. The van der Waals surface area contributed by atoms with Gasteiger partial charge in [-0.2, -0.15) is 0 Å². The minimum absolute atomic E-state index is 0.273. The molecule has 0 bridgehead atoms. The van der Waals surface area contributed by atoms with Crippen LogP contribution in [0.3, 0.4) is 0 Å². The van der Waals surface area contributed by atoms with E-state index in [1.807, 2.05) is 0 Å². The predicted octanol–water partition coefficient (Wildman–Crippen LogP) is 3.33. The lowest BCUT2D eigenvalue weighted by Gasteiger charge is -2.06. The maximum atomic E-state index is 12.2. The second-order valence-electron chi connectivity index (χ2n) is 4.58. The van der Waals surface area contributed by atoms with Crippen molar-refractivity contribution in [1.82, 2.24) is 0 Å². The number of nitrogens with one attached hydrogen (secondary N) is 1. The lowest BCUT2D eigenvalue weighted by atomic mass is 10.2. The van der Waals surface area contributed by atoms with E-state index in [-0.39, 0.29) is 5.91 Å². The molecule has 1 heterocycles. The van der Waals surface area contributed by atoms with Crippen molar-refractivity contribution in [3.05, 3.63) is 53.0 Å². The second-order valence-corrected chi connectivity index (χ2v) is 4.58. The number of carbonyl (C=O) groups excluding carboxylic acids is 2. The highest BCUT2D eigenvalue weighted by molar-refractivity contribution is 6.05. The third-order valence-electron chi connectivity index (χ3n) is 2.92. The molecule has 21 heavy (non-hydrogen) atoms. The van der Waals surface area contributed by atoms with Gasteiger partial charge in [-0.3, -0.25) is 4.79 Å². The summed E-state index contributed by atoms with van der Waals surface area (Å²) >= 11 is 0. The monoisotopic (exact) mass is 287 g/mol. The number of anilines is 1. The van der Waals surface area contributed by atoms with Crippen LogP contribution in [0.15, 0.2) is 34.7 Å². The Morgan fingerprint density at radius 1 is 1.24 bits per heavy atom. The number of ether oxygens (including phenoxy) is 1. The van der Waals surface area contributed by atoms with Crippen LogP contribution in [0.4, 0.5) is 5.69 Å². The van der Waals surface area contributed by atoms with Crippen molar-refractivity contribution in [1.29, 1.82) is 0 Å².